The van der Waals surface area contributed by atoms with Gasteiger partial charge in [0.25, 0.3) is 0 Å². The summed E-state index contributed by atoms with van der Waals surface area (Å²) in [5.41, 5.74) is 6.02. The second kappa shape index (κ2) is 5.34. The van der Waals surface area contributed by atoms with E-state index in [0.29, 0.717) is 6.54 Å². The zero-order valence-electron chi connectivity index (χ0n) is 10.4. The van der Waals surface area contributed by atoms with Crippen molar-refractivity contribution >= 4 is 31.5 Å². The van der Waals surface area contributed by atoms with Crippen molar-refractivity contribution in [2.24, 2.45) is 0 Å². The van der Waals surface area contributed by atoms with Crippen molar-refractivity contribution in [2.75, 3.05) is 11.5 Å². The summed E-state index contributed by atoms with van der Waals surface area (Å²) in [7, 11) is -3.39. The monoisotopic (exact) mass is 343 g/mol. The number of hydrogen-bond donors (Lipinski definition) is 1. The number of sulfone groups is 1. The van der Waals surface area contributed by atoms with Crippen LogP contribution in [0.3, 0.4) is 0 Å². The molecule has 2 aromatic rings. The van der Waals surface area contributed by atoms with E-state index in [0.717, 1.165) is 10.3 Å². The summed E-state index contributed by atoms with van der Waals surface area (Å²) in [4.78, 5) is 4.23. The summed E-state index contributed by atoms with van der Waals surface area (Å²) in [6.45, 7) is 2.20. The zero-order valence-corrected chi connectivity index (χ0v) is 12.8. The van der Waals surface area contributed by atoms with E-state index in [1.54, 1.807) is 29.1 Å². The summed E-state index contributed by atoms with van der Waals surface area (Å²) in [6, 6.07) is 4.79. The number of anilines is 1. The van der Waals surface area contributed by atoms with Crippen LogP contribution < -0.4 is 5.73 Å². The second-order valence-corrected chi connectivity index (χ2v) is 7.16. The normalized spacial score (nSPS) is 11.7. The predicted molar refractivity (Wildman–Crippen MR) is 77.6 cm³/mol. The average Bonchev–Trinajstić information content (AvgIpc) is 2.72. The van der Waals surface area contributed by atoms with Crippen LogP contribution in [0, 0.1) is 6.92 Å². The van der Waals surface area contributed by atoms with Crippen LogP contribution in [-0.4, -0.2) is 23.7 Å². The molecule has 19 heavy (non-hydrogen) atoms. The third-order valence-corrected chi connectivity index (χ3v) is 5.09. The highest BCUT2D eigenvalue weighted by Gasteiger charge is 2.18. The minimum absolute atomic E-state index is 0.00394. The number of halogens is 1. The van der Waals surface area contributed by atoms with Gasteiger partial charge in [-0.25, -0.2) is 13.4 Å². The first-order valence-electron chi connectivity index (χ1n) is 5.65. The quantitative estimate of drug-likeness (QED) is 0.861. The van der Waals surface area contributed by atoms with E-state index in [9.17, 15) is 8.42 Å². The number of nitrogens with zero attached hydrogens (tertiary/aromatic N) is 2. The number of rotatable bonds is 4. The van der Waals surface area contributed by atoms with Crippen LogP contribution in [0.2, 0.25) is 0 Å². The van der Waals surface area contributed by atoms with Crippen LogP contribution in [0.4, 0.5) is 5.69 Å². The number of benzene rings is 1. The van der Waals surface area contributed by atoms with Gasteiger partial charge in [0, 0.05) is 23.4 Å². The third kappa shape index (κ3) is 3.16. The molecule has 0 aliphatic rings. The van der Waals surface area contributed by atoms with Crippen LogP contribution in [0.25, 0.3) is 0 Å². The Morgan fingerprint density at radius 2 is 2.16 bits per heavy atom. The lowest BCUT2D eigenvalue weighted by Gasteiger charge is -2.09. The molecule has 0 radical (unpaired) electrons. The largest absolute Gasteiger partial charge is 0.398 e. The van der Waals surface area contributed by atoms with Crippen molar-refractivity contribution in [3.05, 3.63) is 40.9 Å². The minimum Gasteiger partial charge on any atom is -0.398 e. The standard InChI is InChI=1S/C12H14BrN3O2S/c1-9-15-4-5-16(9)6-7-19(17,18)12-3-2-10(13)8-11(12)14/h2-5,8H,6-7,14H2,1H3. The molecule has 0 atom stereocenters. The first kappa shape index (κ1) is 14.1. The van der Waals surface area contributed by atoms with E-state index in [4.69, 9.17) is 5.73 Å². The van der Waals surface area contributed by atoms with Gasteiger partial charge in [0.1, 0.15) is 5.82 Å². The molecule has 0 aliphatic carbocycles. The Bertz CT molecular complexity index is 695. The maximum absolute atomic E-state index is 12.2. The summed E-state index contributed by atoms with van der Waals surface area (Å²) >= 11 is 3.26. The molecule has 0 unspecified atom stereocenters. The molecule has 5 nitrogen and oxygen atoms in total. The van der Waals surface area contributed by atoms with Crippen LogP contribution in [-0.2, 0) is 16.4 Å². The summed E-state index contributed by atoms with van der Waals surface area (Å²) in [5, 5.41) is 0. The second-order valence-electron chi connectivity index (χ2n) is 4.17. The number of aromatic nitrogens is 2. The lowest BCUT2D eigenvalue weighted by molar-refractivity contribution is 0.588. The lowest BCUT2D eigenvalue weighted by Crippen LogP contribution is -2.15. The number of aryl methyl sites for hydroxylation is 2. The van der Waals surface area contributed by atoms with E-state index in [1.165, 1.54) is 6.07 Å². The molecule has 1 aromatic heterocycles. The van der Waals surface area contributed by atoms with Gasteiger partial charge in [0.2, 0.25) is 0 Å². The summed E-state index contributed by atoms with van der Waals surface area (Å²) < 4.78 is 27.0. The first-order valence-corrected chi connectivity index (χ1v) is 8.10. The Kier molecular flexibility index (Phi) is 3.96. The van der Waals surface area contributed by atoms with E-state index < -0.39 is 9.84 Å². The zero-order chi connectivity index (χ0) is 14.0. The number of imidazole rings is 1. The SMILES string of the molecule is Cc1nccn1CCS(=O)(=O)c1ccc(Br)cc1N. The van der Waals surface area contributed by atoms with Crippen LogP contribution in [0.1, 0.15) is 5.82 Å². The van der Waals surface area contributed by atoms with Gasteiger partial charge < -0.3 is 10.3 Å². The molecule has 0 saturated carbocycles. The maximum atomic E-state index is 12.2. The molecule has 2 rings (SSSR count). The summed E-state index contributed by atoms with van der Waals surface area (Å²) in [5.74, 6) is 0.787. The molecule has 0 amide bonds. The molecule has 0 saturated heterocycles. The fourth-order valence-corrected chi connectivity index (χ4v) is 3.50. The molecule has 7 heteroatoms. The fourth-order valence-electron chi connectivity index (χ4n) is 1.77. The number of nitrogen functional groups attached to an aromatic ring is 1. The van der Waals surface area contributed by atoms with Gasteiger partial charge in [-0.1, -0.05) is 15.9 Å². The van der Waals surface area contributed by atoms with Crippen molar-refractivity contribution in [1.29, 1.82) is 0 Å². The van der Waals surface area contributed by atoms with Crippen molar-refractivity contribution < 1.29 is 8.42 Å². The van der Waals surface area contributed by atoms with Crippen molar-refractivity contribution in [3.63, 3.8) is 0 Å². The highest BCUT2D eigenvalue weighted by Crippen LogP contribution is 2.23. The molecule has 2 N–H and O–H groups in total. The van der Waals surface area contributed by atoms with Gasteiger partial charge in [-0.05, 0) is 25.1 Å². The predicted octanol–water partition coefficient (Wildman–Crippen LogP) is 2.01. The van der Waals surface area contributed by atoms with Gasteiger partial charge in [-0.15, -0.1) is 0 Å². The van der Waals surface area contributed by atoms with Crippen LogP contribution in [0.5, 0.6) is 0 Å². The smallest absolute Gasteiger partial charge is 0.182 e. The van der Waals surface area contributed by atoms with Gasteiger partial charge in [-0.2, -0.15) is 0 Å². The highest BCUT2D eigenvalue weighted by atomic mass is 79.9. The lowest BCUT2D eigenvalue weighted by atomic mass is 10.3. The van der Waals surface area contributed by atoms with E-state index in [2.05, 4.69) is 20.9 Å². The minimum atomic E-state index is -3.39. The Labute approximate surface area is 120 Å². The van der Waals surface area contributed by atoms with Crippen LogP contribution in [0.15, 0.2) is 40.0 Å². The number of nitrogens with two attached hydrogens (primary N) is 1. The van der Waals surface area contributed by atoms with E-state index >= 15 is 0 Å². The highest BCUT2D eigenvalue weighted by molar-refractivity contribution is 9.10. The molecule has 102 valence electrons. The van der Waals surface area contributed by atoms with Gasteiger partial charge in [0.05, 0.1) is 16.3 Å². The Morgan fingerprint density at radius 3 is 2.74 bits per heavy atom. The van der Waals surface area contributed by atoms with Gasteiger partial charge in [-0.3, -0.25) is 0 Å². The Hall–Kier alpha value is -1.34. The number of hydrogen-bond acceptors (Lipinski definition) is 4. The van der Waals surface area contributed by atoms with Crippen molar-refractivity contribution in [2.45, 2.75) is 18.4 Å². The maximum Gasteiger partial charge on any atom is 0.182 e. The summed E-state index contributed by atoms with van der Waals surface area (Å²) in [6.07, 6.45) is 3.41. The molecule has 0 aliphatic heterocycles. The van der Waals surface area contributed by atoms with E-state index in [-0.39, 0.29) is 16.3 Å². The van der Waals surface area contributed by atoms with Crippen LogP contribution >= 0.6 is 15.9 Å². The molecule has 1 aromatic carbocycles. The molecule has 0 spiro atoms. The molecular weight excluding hydrogens is 330 g/mol. The topological polar surface area (TPSA) is 78.0 Å². The van der Waals surface area contributed by atoms with E-state index in [1.807, 2.05) is 6.92 Å². The molecule has 0 fully saturated rings. The molecule has 1 heterocycles. The fraction of sp³-hybridized carbons (Fsp3) is 0.250. The molecule has 0 bridgehead atoms. The first-order chi connectivity index (χ1) is 8.90. The molecular formula is C12H14BrN3O2S. The van der Waals surface area contributed by atoms with Crippen molar-refractivity contribution in [3.8, 4) is 0 Å². The van der Waals surface area contributed by atoms with Gasteiger partial charge in [0.15, 0.2) is 9.84 Å². The average molecular weight is 344 g/mol. The third-order valence-electron chi connectivity index (χ3n) is 2.83. The Morgan fingerprint density at radius 1 is 1.42 bits per heavy atom. The van der Waals surface area contributed by atoms with Crippen molar-refractivity contribution in [1.82, 2.24) is 9.55 Å². The Balaban J connectivity index is 2.21. The van der Waals surface area contributed by atoms with Gasteiger partial charge >= 0.3 is 0 Å².